The molecule has 6 heteroatoms. The molecule has 1 aromatic heterocycles. The van der Waals surface area contributed by atoms with Gasteiger partial charge in [0.1, 0.15) is 12.2 Å². The molecule has 1 aliphatic heterocycles. The summed E-state index contributed by atoms with van der Waals surface area (Å²) < 4.78 is 11.0. The zero-order chi connectivity index (χ0) is 15.4. The van der Waals surface area contributed by atoms with Crippen LogP contribution in [-0.4, -0.2) is 50.5 Å². The minimum Gasteiger partial charge on any atom is -0.377 e. The Morgan fingerprint density at radius 3 is 2.38 bits per heavy atom. The summed E-state index contributed by atoms with van der Waals surface area (Å²) in [7, 11) is 3.50. The molecule has 21 heavy (non-hydrogen) atoms. The highest BCUT2D eigenvalue weighted by molar-refractivity contribution is 7.15. The van der Waals surface area contributed by atoms with Gasteiger partial charge in [-0.25, -0.2) is 4.98 Å². The summed E-state index contributed by atoms with van der Waals surface area (Å²) in [5.74, 6) is 0. The van der Waals surface area contributed by atoms with Crippen LogP contribution in [0.1, 0.15) is 31.3 Å². The average Bonchev–Trinajstić information content (AvgIpc) is 3.07. The first-order chi connectivity index (χ1) is 10.1. The molecular weight excluding hydrogens is 286 g/mol. The lowest BCUT2D eigenvalue weighted by atomic mass is 10.3. The number of anilines is 1. The number of nitrogens with one attached hydrogen (secondary N) is 1. The number of ether oxygens (including phenoxy) is 2. The van der Waals surface area contributed by atoms with E-state index in [-0.39, 0.29) is 12.2 Å². The van der Waals surface area contributed by atoms with Crippen LogP contribution in [0.15, 0.2) is 0 Å². The van der Waals surface area contributed by atoms with Gasteiger partial charge in [0.25, 0.3) is 0 Å². The molecule has 1 saturated heterocycles. The predicted molar refractivity (Wildman–Crippen MR) is 87.3 cm³/mol. The van der Waals surface area contributed by atoms with Crippen LogP contribution in [0.25, 0.3) is 0 Å². The first-order valence-corrected chi connectivity index (χ1v) is 8.43. The summed E-state index contributed by atoms with van der Waals surface area (Å²) >= 11 is 1.79. The summed E-state index contributed by atoms with van der Waals surface area (Å²) in [5.41, 5.74) is 1.21. The second kappa shape index (κ2) is 7.54. The Morgan fingerprint density at radius 2 is 1.90 bits per heavy atom. The fourth-order valence-corrected chi connectivity index (χ4v) is 3.69. The van der Waals surface area contributed by atoms with Crippen LogP contribution in [-0.2, 0) is 22.4 Å². The highest BCUT2D eigenvalue weighted by Gasteiger charge is 2.34. The maximum absolute atomic E-state index is 5.51. The molecular formula is C15H27N3O2S. The maximum Gasteiger partial charge on any atom is 0.186 e. The van der Waals surface area contributed by atoms with Gasteiger partial charge in [-0.3, -0.25) is 0 Å². The molecule has 0 amide bonds. The Bertz CT molecular complexity index is 438. The topological polar surface area (TPSA) is 46.6 Å². The van der Waals surface area contributed by atoms with Crippen molar-refractivity contribution in [2.24, 2.45) is 0 Å². The Balaban J connectivity index is 2.10. The van der Waals surface area contributed by atoms with Crippen molar-refractivity contribution in [1.82, 2.24) is 10.3 Å². The molecule has 0 saturated carbocycles. The summed E-state index contributed by atoms with van der Waals surface area (Å²) in [6.07, 6.45) is 1.23. The van der Waals surface area contributed by atoms with E-state index in [0.717, 1.165) is 31.2 Å². The molecule has 0 bridgehead atoms. The van der Waals surface area contributed by atoms with Gasteiger partial charge in [0.15, 0.2) is 5.13 Å². The molecule has 0 spiro atoms. The molecule has 0 aromatic carbocycles. The van der Waals surface area contributed by atoms with Crippen molar-refractivity contribution in [2.45, 2.75) is 52.0 Å². The van der Waals surface area contributed by atoms with Crippen LogP contribution in [0, 0.1) is 0 Å². The number of hydrogen-bond donors (Lipinski definition) is 1. The van der Waals surface area contributed by atoms with Crippen molar-refractivity contribution in [2.75, 3.05) is 32.2 Å². The molecule has 2 heterocycles. The fourth-order valence-electron chi connectivity index (χ4n) is 2.57. The summed E-state index contributed by atoms with van der Waals surface area (Å²) in [6, 6.07) is 0.489. The lowest BCUT2D eigenvalue weighted by Crippen LogP contribution is -2.27. The first-order valence-electron chi connectivity index (χ1n) is 7.61. The normalized spacial score (nSPS) is 22.5. The van der Waals surface area contributed by atoms with E-state index in [1.165, 1.54) is 10.6 Å². The third-order valence-corrected chi connectivity index (χ3v) is 5.02. The standard InChI is InChI=1S/C15H27N3O2S/c1-6-11-14(7-16-10(2)3)21-15(17-11)18-8-12(19-4)13(9-18)20-5/h10,12-13,16H,6-9H2,1-5H3. The second-order valence-corrected chi connectivity index (χ2v) is 6.77. The largest absolute Gasteiger partial charge is 0.377 e. The van der Waals surface area contributed by atoms with Crippen molar-refractivity contribution in [3.8, 4) is 0 Å². The molecule has 2 atom stereocenters. The number of rotatable bonds is 7. The third-order valence-electron chi connectivity index (χ3n) is 3.86. The van der Waals surface area contributed by atoms with E-state index in [9.17, 15) is 0 Å². The van der Waals surface area contributed by atoms with E-state index >= 15 is 0 Å². The number of hydrogen-bond acceptors (Lipinski definition) is 6. The fraction of sp³-hybridized carbons (Fsp3) is 0.800. The number of thiazole rings is 1. The molecule has 2 unspecified atom stereocenters. The highest BCUT2D eigenvalue weighted by Crippen LogP contribution is 2.30. The quantitative estimate of drug-likeness (QED) is 0.835. The van der Waals surface area contributed by atoms with Gasteiger partial charge in [-0.2, -0.15) is 0 Å². The van der Waals surface area contributed by atoms with E-state index < -0.39 is 0 Å². The lowest BCUT2D eigenvalue weighted by molar-refractivity contribution is -0.00461. The summed E-state index contributed by atoms with van der Waals surface area (Å²) in [6.45, 7) is 9.09. The van der Waals surface area contributed by atoms with Gasteiger partial charge in [0.05, 0.1) is 5.69 Å². The van der Waals surface area contributed by atoms with Crippen molar-refractivity contribution in [3.63, 3.8) is 0 Å². The minimum absolute atomic E-state index is 0.126. The molecule has 0 aliphatic carbocycles. The zero-order valence-electron chi connectivity index (χ0n) is 13.7. The number of aryl methyl sites for hydroxylation is 1. The Kier molecular flexibility index (Phi) is 5.98. The zero-order valence-corrected chi connectivity index (χ0v) is 14.5. The number of methoxy groups -OCH3 is 2. The average molecular weight is 313 g/mol. The molecule has 1 aromatic rings. The van der Waals surface area contributed by atoms with Crippen molar-refractivity contribution < 1.29 is 9.47 Å². The summed E-state index contributed by atoms with van der Waals surface area (Å²) in [4.78, 5) is 8.45. The van der Waals surface area contributed by atoms with E-state index in [4.69, 9.17) is 14.5 Å². The molecule has 2 rings (SSSR count). The van der Waals surface area contributed by atoms with Crippen LogP contribution in [0.3, 0.4) is 0 Å². The number of aromatic nitrogens is 1. The van der Waals surface area contributed by atoms with Gasteiger partial charge < -0.3 is 19.7 Å². The Labute approximate surface area is 131 Å². The second-order valence-electron chi connectivity index (χ2n) is 5.71. The smallest absolute Gasteiger partial charge is 0.186 e. The van der Waals surface area contributed by atoms with Gasteiger partial charge >= 0.3 is 0 Å². The molecule has 1 N–H and O–H groups in total. The van der Waals surface area contributed by atoms with E-state index in [0.29, 0.717) is 6.04 Å². The first kappa shape index (κ1) is 16.7. The van der Waals surface area contributed by atoms with Crippen LogP contribution >= 0.6 is 11.3 Å². The van der Waals surface area contributed by atoms with Crippen LogP contribution < -0.4 is 10.2 Å². The molecule has 120 valence electrons. The van der Waals surface area contributed by atoms with Gasteiger partial charge in [0.2, 0.25) is 0 Å². The van der Waals surface area contributed by atoms with Crippen LogP contribution in [0.4, 0.5) is 5.13 Å². The molecule has 0 radical (unpaired) electrons. The van der Waals surface area contributed by atoms with E-state index in [2.05, 4.69) is 31.0 Å². The molecule has 5 nitrogen and oxygen atoms in total. The SMILES string of the molecule is CCc1nc(N2CC(OC)C(OC)C2)sc1CNC(C)C. The minimum atomic E-state index is 0.126. The number of nitrogens with zero attached hydrogens (tertiary/aromatic N) is 2. The van der Waals surface area contributed by atoms with Crippen molar-refractivity contribution >= 4 is 16.5 Å². The van der Waals surface area contributed by atoms with Gasteiger partial charge in [-0.15, -0.1) is 11.3 Å². The van der Waals surface area contributed by atoms with Crippen LogP contribution in [0.2, 0.25) is 0 Å². The van der Waals surface area contributed by atoms with E-state index in [1.807, 2.05) is 0 Å². The van der Waals surface area contributed by atoms with Gasteiger partial charge in [-0.05, 0) is 6.42 Å². The Morgan fingerprint density at radius 1 is 1.29 bits per heavy atom. The summed E-state index contributed by atoms with van der Waals surface area (Å²) in [5, 5.41) is 4.57. The maximum atomic E-state index is 5.51. The van der Waals surface area contributed by atoms with Gasteiger partial charge in [0, 0.05) is 44.8 Å². The highest BCUT2D eigenvalue weighted by atomic mass is 32.1. The predicted octanol–water partition coefficient (Wildman–Crippen LogP) is 2.05. The monoisotopic (exact) mass is 313 g/mol. The Hall–Kier alpha value is -0.690. The van der Waals surface area contributed by atoms with Crippen LogP contribution in [0.5, 0.6) is 0 Å². The van der Waals surface area contributed by atoms with E-state index in [1.54, 1.807) is 25.6 Å². The van der Waals surface area contributed by atoms with Crippen molar-refractivity contribution in [1.29, 1.82) is 0 Å². The molecule has 1 fully saturated rings. The van der Waals surface area contributed by atoms with Crippen molar-refractivity contribution in [3.05, 3.63) is 10.6 Å². The van der Waals surface area contributed by atoms with Gasteiger partial charge in [-0.1, -0.05) is 20.8 Å². The third kappa shape index (κ3) is 3.94. The molecule has 1 aliphatic rings. The lowest BCUT2D eigenvalue weighted by Gasteiger charge is -2.13.